The highest BCUT2D eigenvalue weighted by Crippen LogP contribution is 2.29. The summed E-state index contributed by atoms with van der Waals surface area (Å²) >= 11 is 0. The minimum Gasteiger partial charge on any atom is -0.444 e. The number of anilines is 1. The van der Waals surface area contributed by atoms with Crippen LogP contribution in [0.25, 0.3) is 11.1 Å². The lowest BCUT2D eigenvalue weighted by atomic mass is 10.00. The number of Topliss-reactive ketones (excluding diaryl/α,β-unsaturated/α-hetero) is 1. The number of amides is 1. The maximum atomic E-state index is 12.7. The molecular weight excluding hydrogens is 397 g/mol. The minimum atomic E-state index is -4.33. The number of aromatic nitrogens is 1. The maximum absolute atomic E-state index is 12.7. The number of hydrogen-bond donors (Lipinski definition) is 1. The highest BCUT2D eigenvalue weighted by molar-refractivity contribution is 6.03. The quantitative estimate of drug-likeness (QED) is 0.597. The van der Waals surface area contributed by atoms with E-state index in [2.05, 4.69) is 10.3 Å². The summed E-state index contributed by atoms with van der Waals surface area (Å²) in [5.41, 5.74) is 0.505. The number of ketones is 1. The fourth-order valence-corrected chi connectivity index (χ4v) is 2.69. The second kappa shape index (κ2) is 8.85. The topological polar surface area (TPSA) is 68.3 Å². The van der Waals surface area contributed by atoms with Gasteiger partial charge in [-0.25, -0.2) is 4.79 Å². The predicted octanol–water partition coefficient (Wildman–Crippen LogP) is 6.04. The van der Waals surface area contributed by atoms with Crippen molar-refractivity contribution >= 4 is 17.6 Å². The van der Waals surface area contributed by atoms with Crippen LogP contribution in [0.2, 0.25) is 0 Å². The third kappa shape index (κ3) is 6.86. The van der Waals surface area contributed by atoms with Crippen molar-refractivity contribution in [1.82, 2.24) is 4.98 Å². The standard InChI is InChI=1S/C22H25F3N2O3/c1-13(2)19(28)18-17(27-20(29)30-21(3,4)5)10-16(12-26-18)15-8-6-7-14(9-15)11-22(23,24)25/h6-10,12-13H,11H2,1-5H3,(H,27,29). The Balaban J connectivity index is 2.44. The van der Waals surface area contributed by atoms with Crippen molar-refractivity contribution < 1.29 is 27.5 Å². The Bertz CT molecular complexity index is 932. The van der Waals surface area contributed by atoms with Gasteiger partial charge in [0.15, 0.2) is 5.78 Å². The molecule has 0 fully saturated rings. The number of benzene rings is 1. The SMILES string of the molecule is CC(C)C(=O)c1ncc(-c2cccc(CC(F)(F)F)c2)cc1NC(=O)OC(C)(C)C. The molecule has 0 bridgehead atoms. The monoisotopic (exact) mass is 422 g/mol. The van der Waals surface area contributed by atoms with Crippen LogP contribution in [0, 0.1) is 5.92 Å². The van der Waals surface area contributed by atoms with E-state index in [4.69, 9.17) is 4.74 Å². The summed E-state index contributed by atoms with van der Waals surface area (Å²) < 4.78 is 43.4. The lowest BCUT2D eigenvalue weighted by Gasteiger charge is -2.20. The van der Waals surface area contributed by atoms with Crippen LogP contribution < -0.4 is 5.32 Å². The lowest BCUT2D eigenvalue weighted by molar-refractivity contribution is -0.127. The molecule has 5 nitrogen and oxygen atoms in total. The molecule has 1 aromatic heterocycles. The number of nitrogens with one attached hydrogen (secondary N) is 1. The van der Waals surface area contributed by atoms with Gasteiger partial charge in [-0.3, -0.25) is 15.1 Å². The van der Waals surface area contributed by atoms with E-state index in [0.29, 0.717) is 11.1 Å². The van der Waals surface area contributed by atoms with Crippen LogP contribution in [0.5, 0.6) is 0 Å². The summed E-state index contributed by atoms with van der Waals surface area (Å²) in [5, 5.41) is 2.54. The minimum absolute atomic E-state index is 0.0612. The van der Waals surface area contributed by atoms with Gasteiger partial charge in [0.2, 0.25) is 0 Å². The zero-order valence-electron chi connectivity index (χ0n) is 17.6. The van der Waals surface area contributed by atoms with Gasteiger partial charge in [0.05, 0.1) is 12.1 Å². The average Bonchev–Trinajstić information content (AvgIpc) is 2.58. The van der Waals surface area contributed by atoms with Crippen LogP contribution in [0.3, 0.4) is 0 Å². The number of rotatable bonds is 5. The zero-order chi connectivity index (χ0) is 22.7. The number of ether oxygens (including phenoxy) is 1. The van der Waals surface area contributed by atoms with Crippen molar-refractivity contribution in [3.05, 3.63) is 47.8 Å². The second-order valence-electron chi connectivity index (χ2n) is 8.26. The molecule has 0 aliphatic heterocycles. The Morgan fingerprint density at radius 3 is 2.33 bits per heavy atom. The molecule has 1 aromatic carbocycles. The molecule has 0 radical (unpaired) electrons. The third-order valence-electron chi connectivity index (χ3n) is 3.95. The molecule has 1 heterocycles. The molecule has 1 amide bonds. The van der Waals surface area contributed by atoms with Gasteiger partial charge in [0.25, 0.3) is 0 Å². The molecule has 1 N–H and O–H groups in total. The zero-order valence-corrected chi connectivity index (χ0v) is 17.6. The van der Waals surface area contributed by atoms with Crippen molar-refractivity contribution in [2.45, 2.75) is 52.8 Å². The fraction of sp³-hybridized carbons (Fsp3) is 0.409. The van der Waals surface area contributed by atoms with Gasteiger partial charge >= 0.3 is 12.3 Å². The van der Waals surface area contributed by atoms with E-state index < -0.39 is 24.3 Å². The van der Waals surface area contributed by atoms with Crippen molar-refractivity contribution in [2.75, 3.05) is 5.32 Å². The summed E-state index contributed by atoms with van der Waals surface area (Å²) in [7, 11) is 0. The van der Waals surface area contributed by atoms with Crippen molar-refractivity contribution in [2.24, 2.45) is 5.92 Å². The molecule has 0 spiro atoms. The highest BCUT2D eigenvalue weighted by atomic mass is 19.4. The third-order valence-corrected chi connectivity index (χ3v) is 3.95. The van der Waals surface area contributed by atoms with Gasteiger partial charge in [-0.15, -0.1) is 0 Å². The van der Waals surface area contributed by atoms with Gasteiger partial charge < -0.3 is 4.74 Å². The van der Waals surface area contributed by atoms with E-state index in [9.17, 15) is 22.8 Å². The van der Waals surface area contributed by atoms with Gasteiger partial charge in [0, 0.05) is 17.7 Å². The molecule has 0 atom stereocenters. The maximum Gasteiger partial charge on any atom is 0.412 e. The van der Waals surface area contributed by atoms with Crippen molar-refractivity contribution in [1.29, 1.82) is 0 Å². The molecule has 8 heteroatoms. The number of pyridine rings is 1. The molecule has 30 heavy (non-hydrogen) atoms. The van der Waals surface area contributed by atoms with Gasteiger partial charge in [0.1, 0.15) is 11.3 Å². The first-order valence-corrected chi connectivity index (χ1v) is 9.45. The van der Waals surface area contributed by atoms with Crippen LogP contribution in [0.1, 0.15) is 50.7 Å². The Kier molecular flexibility index (Phi) is 6.90. The summed E-state index contributed by atoms with van der Waals surface area (Å²) in [6.07, 6.45) is -4.73. The van der Waals surface area contributed by atoms with Crippen molar-refractivity contribution in [3.8, 4) is 11.1 Å². The van der Waals surface area contributed by atoms with Crippen LogP contribution in [0.15, 0.2) is 36.5 Å². The average molecular weight is 422 g/mol. The number of alkyl halides is 3. The first-order chi connectivity index (χ1) is 13.7. The molecule has 0 saturated carbocycles. The molecule has 0 aliphatic carbocycles. The van der Waals surface area contributed by atoms with Crippen LogP contribution in [-0.4, -0.2) is 28.6 Å². The van der Waals surface area contributed by atoms with E-state index in [1.165, 1.54) is 30.5 Å². The Labute approximate surface area is 173 Å². The first-order valence-electron chi connectivity index (χ1n) is 9.45. The van der Waals surface area contributed by atoms with Crippen molar-refractivity contribution in [3.63, 3.8) is 0 Å². The predicted molar refractivity (Wildman–Crippen MR) is 108 cm³/mol. The van der Waals surface area contributed by atoms with Crippen LogP contribution >= 0.6 is 0 Å². The number of nitrogens with zero attached hydrogens (tertiary/aromatic N) is 1. The normalized spacial score (nSPS) is 12.0. The summed E-state index contributed by atoms with van der Waals surface area (Å²) in [5.74, 6) is -0.643. The van der Waals surface area contributed by atoms with Gasteiger partial charge in [-0.05, 0) is 38.0 Å². The van der Waals surface area contributed by atoms with Gasteiger partial charge in [-0.2, -0.15) is 13.2 Å². The van der Waals surface area contributed by atoms with Crippen LogP contribution in [-0.2, 0) is 11.2 Å². The number of carbonyl (C=O) groups is 2. The Morgan fingerprint density at radius 1 is 1.10 bits per heavy atom. The van der Waals surface area contributed by atoms with Crippen LogP contribution in [0.4, 0.5) is 23.7 Å². The smallest absolute Gasteiger partial charge is 0.412 e. The first kappa shape index (κ1) is 23.4. The molecular formula is C22H25F3N2O3. The Hall–Kier alpha value is -2.90. The molecule has 0 unspecified atom stereocenters. The molecule has 0 aliphatic rings. The fourth-order valence-electron chi connectivity index (χ4n) is 2.69. The largest absolute Gasteiger partial charge is 0.444 e. The number of hydrogen-bond acceptors (Lipinski definition) is 4. The van der Waals surface area contributed by atoms with E-state index >= 15 is 0 Å². The van der Waals surface area contributed by atoms with E-state index in [1.54, 1.807) is 40.7 Å². The van der Waals surface area contributed by atoms with E-state index in [-0.39, 0.29) is 28.6 Å². The second-order valence-corrected chi connectivity index (χ2v) is 8.26. The number of halogens is 3. The molecule has 2 aromatic rings. The van der Waals surface area contributed by atoms with E-state index in [0.717, 1.165) is 0 Å². The molecule has 0 saturated heterocycles. The summed E-state index contributed by atoms with van der Waals surface area (Å²) in [4.78, 5) is 28.9. The number of carbonyl (C=O) groups excluding carboxylic acids is 2. The van der Waals surface area contributed by atoms with E-state index in [1.807, 2.05) is 0 Å². The summed E-state index contributed by atoms with van der Waals surface area (Å²) in [6, 6.07) is 7.47. The molecule has 162 valence electrons. The summed E-state index contributed by atoms with van der Waals surface area (Å²) in [6.45, 7) is 8.51. The lowest BCUT2D eigenvalue weighted by Crippen LogP contribution is -2.28. The highest BCUT2D eigenvalue weighted by Gasteiger charge is 2.28. The Morgan fingerprint density at radius 2 is 1.77 bits per heavy atom. The van der Waals surface area contributed by atoms with Gasteiger partial charge in [-0.1, -0.05) is 38.1 Å². The molecule has 2 rings (SSSR count).